The maximum Gasteiger partial charge on any atom is 0.186 e. The van der Waals surface area contributed by atoms with Crippen LogP contribution in [0.2, 0.25) is 0 Å². The molecule has 0 amide bonds. The van der Waals surface area contributed by atoms with E-state index in [1.165, 1.54) is 17.7 Å². The lowest BCUT2D eigenvalue weighted by molar-refractivity contribution is 0.582. The van der Waals surface area contributed by atoms with Crippen LogP contribution in [0.25, 0.3) is 22.0 Å². The third kappa shape index (κ3) is 2.51. The van der Waals surface area contributed by atoms with Crippen LogP contribution in [-0.4, -0.2) is 0 Å². The van der Waals surface area contributed by atoms with Gasteiger partial charge in [0.1, 0.15) is 11.5 Å². The van der Waals surface area contributed by atoms with E-state index in [2.05, 4.69) is 0 Å². The molecule has 2 aromatic heterocycles. The van der Waals surface area contributed by atoms with E-state index >= 15 is 0 Å². The van der Waals surface area contributed by atoms with E-state index in [1.807, 2.05) is 48.7 Å². The van der Waals surface area contributed by atoms with Gasteiger partial charge in [-0.1, -0.05) is 35.9 Å². The van der Waals surface area contributed by atoms with Crippen LogP contribution < -0.4 is 5.43 Å². The second kappa shape index (κ2) is 4.86. The first-order valence-corrected chi connectivity index (χ1v) is 6.86. The molecule has 3 aromatic rings. The van der Waals surface area contributed by atoms with Gasteiger partial charge in [-0.15, -0.1) is 11.3 Å². The summed E-state index contributed by atoms with van der Waals surface area (Å²) in [7, 11) is 0. The molecule has 0 bridgehead atoms. The molecule has 0 unspecified atom stereocenters. The highest BCUT2D eigenvalue weighted by Crippen LogP contribution is 2.27. The molecule has 19 heavy (non-hydrogen) atoms. The molecule has 3 heteroatoms. The van der Waals surface area contributed by atoms with Gasteiger partial charge in [0.05, 0.1) is 4.88 Å². The van der Waals surface area contributed by atoms with Crippen LogP contribution in [0.5, 0.6) is 0 Å². The molecular formula is C16H12O2S. The van der Waals surface area contributed by atoms with Crippen LogP contribution in [0.1, 0.15) is 5.56 Å². The van der Waals surface area contributed by atoms with Gasteiger partial charge in [0.2, 0.25) is 0 Å². The van der Waals surface area contributed by atoms with Crippen molar-refractivity contribution in [3.63, 3.8) is 0 Å². The Morgan fingerprint density at radius 2 is 1.74 bits per heavy atom. The van der Waals surface area contributed by atoms with Crippen LogP contribution in [0, 0.1) is 6.92 Å². The number of rotatable bonds is 2. The predicted octanol–water partition coefficient (Wildman–Crippen LogP) is 4.34. The first-order chi connectivity index (χ1) is 9.22. The van der Waals surface area contributed by atoms with Gasteiger partial charge >= 0.3 is 0 Å². The van der Waals surface area contributed by atoms with Crippen molar-refractivity contribution in [1.29, 1.82) is 0 Å². The fraction of sp³-hybridized carbons (Fsp3) is 0.0625. The van der Waals surface area contributed by atoms with Crippen LogP contribution in [0.15, 0.2) is 63.1 Å². The molecule has 0 atom stereocenters. The molecule has 0 aliphatic rings. The van der Waals surface area contributed by atoms with E-state index in [4.69, 9.17) is 4.42 Å². The second-order valence-corrected chi connectivity index (χ2v) is 5.31. The molecule has 0 saturated carbocycles. The van der Waals surface area contributed by atoms with Gasteiger partial charge in [-0.2, -0.15) is 0 Å². The Kier molecular flexibility index (Phi) is 3.05. The third-order valence-corrected chi connectivity index (χ3v) is 3.75. The monoisotopic (exact) mass is 268 g/mol. The molecule has 1 aromatic carbocycles. The number of thiophene rings is 1. The normalized spacial score (nSPS) is 10.6. The van der Waals surface area contributed by atoms with Crippen molar-refractivity contribution in [3.8, 4) is 22.0 Å². The predicted molar refractivity (Wildman–Crippen MR) is 78.5 cm³/mol. The number of hydrogen-bond donors (Lipinski definition) is 0. The van der Waals surface area contributed by atoms with E-state index in [9.17, 15) is 4.79 Å². The first kappa shape index (κ1) is 11.9. The molecule has 0 radical (unpaired) electrons. The average molecular weight is 268 g/mol. The average Bonchev–Trinajstić information content (AvgIpc) is 2.93. The topological polar surface area (TPSA) is 30.2 Å². The standard InChI is InChI=1S/C16H12O2S/c1-11-4-6-12(7-5-11)14-9-13(17)10-15(18-14)16-3-2-8-19-16/h2-10H,1H3. The van der Waals surface area contributed by atoms with Crippen molar-refractivity contribution in [3.05, 3.63) is 69.7 Å². The summed E-state index contributed by atoms with van der Waals surface area (Å²) in [4.78, 5) is 12.8. The Balaban J connectivity index is 2.12. The van der Waals surface area contributed by atoms with E-state index in [1.54, 1.807) is 11.3 Å². The largest absolute Gasteiger partial charge is 0.455 e. The summed E-state index contributed by atoms with van der Waals surface area (Å²) >= 11 is 1.56. The minimum atomic E-state index is -0.0368. The first-order valence-electron chi connectivity index (χ1n) is 5.98. The summed E-state index contributed by atoms with van der Waals surface area (Å²) in [5, 5.41) is 1.97. The molecule has 0 aliphatic heterocycles. The molecule has 0 N–H and O–H groups in total. The second-order valence-electron chi connectivity index (χ2n) is 4.36. The zero-order chi connectivity index (χ0) is 13.2. The van der Waals surface area contributed by atoms with Crippen molar-refractivity contribution >= 4 is 11.3 Å². The minimum absolute atomic E-state index is 0.0368. The Morgan fingerprint density at radius 3 is 2.42 bits per heavy atom. The van der Waals surface area contributed by atoms with Crippen LogP contribution in [-0.2, 0) is 0 Å². The summed E-state index contributed by atoms with van der Waals surface area (Å²) in [5.74, 6) is 1.23. The van der Waals surface area contributed by atoms with Crippen LogP contribution in [0.4, 0.5) is 0 Å². The number of aryl methyl sites for hydroxylation is 1. The molecule has 0 spiro atoms. The van der Waals surface area contributed by atoms with Crippen molar-refractivity contribution in [2.24, 2.45) is 0 Å². The lowest BCUT2D eigenvalue weighted by Gasteiger charge is -2.03. The molecule has 94 valence electrons. The molecule has 0 fully saturated rings. The van der Waals surface area contributed by atoms with Gasteiger partial charge in [-0.3, -0.25) is 4.79 Å². The van der Waals surface area contributed by atoms with E-state index in [-0.39, 0.29) is 5.43 Å². The molecule has 2 heterocycles. The van der Waals surface area contributed by atoms with Gasteiger partial charge in [-0.25, -0.2) is 0 Å². The lowest BCUT2D eigenvalue weighted by Crippen LogP contribution is -1.97. The summed E-state index contributed by atoms with van der Waals surface area (Å²) in [6, 6.07) is 14.9. The number of benzene rings is 1. The fourth-order valence-electron chi connectivity index (χ4n) is 1.88. The van der Waals surface area contributed by atoms with E-state index < -0.39 is 0 Å². The van der Waals surface area contributed by atoms with Crippen molar-refractivity contribution < 1.29 is 4.42 Å². The van der Waals surface area contributed by atoms with E-state index in [0.717, 1.165) is 10.4 Å². The SMILES string of the molecule is Cc1ccc(-c2cc(=O)cc(-c3cccs3)o2)cc1. The fourth-order valence-corrected chi connectivity index (χ4v) is 2.56. The maximum atomic E-state index is 11.8. The van der Waals surface area contributed by atoms with Crippen molar-refractivity contribution in [2.75, 3.05) is 0 Å². The maximum absolute atomic E-state index is 11.8. The van der Waals surface area contributed by atoms with E-state index in [0.29, 0.717) is 11.5 Å². The molecule has 0 aliphatic carbocycles. The Morgan fingerprint density at radius 1 is 1.00 bits per heavy atom. The van der Waals surface area contributed by atoms with Gasteiger partial charge < -0.3 is 4.42 Å². The highest BCUT2D eigenvalue weighted by Gasteiger charge is 2.07. The zero-order valence-electron chi connectivity index (χ0n) is 10.4. The van der Waals surface area contributed by atoms with Gasteiger partial charge in [-0.05, 0) is 18.4 Å². The highest BCUT2D eigenvalue weighted by atomic mass is 32.1. The minimum Gasteiger partial charge on any atom is -0.455 e. The van der Waals surface area contributed by atoms with Crippen molar-refractivity contribution in [1.82, 2.24) is 0 Å². The van der Waals surface area contributed by atoms with Crippen LogP contribution >= 0.6 is 11.3 Å². The number of hydrogen-bond acceptors (Lipinski definition) is 3. The quantitative estimate of drug-likeness (QED) is 0.692. The Labute approximate surface area is 115 Å². The van der Waals surface area contributed by atoms with Gasteiger partial charge in [0, 0.05) is 17.7 Å². The third-order valence-electron chi connectivity index (χ3n) is 2.87. The molecule has 2 nitrogen and oxygen atoms in total. The Hall–Kier alpha value is -2.13. The molecule has 3 rings (SSSR count). The summed E-state index contributed by atoms with van der Waals surface area (Å²) < 4.78 is 5.84. The lowest BCUT2D eigenvalue weighted by atomic mass is 10.1. The van der Waals surface area contributed by atoms with Gasteiger partial charge in [0.15, 0.2) is 5.43 Å². The summed E-state index contributed by atoms with van der Waals surface area (Å²) in [5.41, 5.74) is 2.06. The van der Waals surface area contributed by atoms with Crippen molar-refractivity contribution in [2.45, 2.75) is 6.92 Å². The Bertz CT molecular complexity index is 737. The molecule has 0 saturated heterocycles. The zero-order valence-corrected chi connectivity index (χ0v) is 11.2. The van der Waals surface area contributed by atoms with Crippen LogP contribution in [0.3, 0.4) is 0 Å². The highest BCUT2D eigenvalue weighted by molar-refractivity contribution is 7.13. The van der Waals surface area contributed by atoms with Gasteiger partial charge in [0.25, 0.3) is 0 Å². The summed E-state index contributed by atoms with van der Waals surface area (Å²) in [6.07, 6.45) is 0. The summed E-state index contributed by atoms with van der Waals surface area (Å²) in [6.45, 7) is 2.03. The molecular weight excluding hydrogens is 256 g/mol. The smallest absolute Gasteiger partial charge is 0.186 e.